The van der Waals surface area contributed by atoms with Crippen LogP contribution in [0.1, 0.15) is 42.9 Å². The number of nitrogens with zero attached hydrogens (tertiary/aromatic N) is 1. The van der Waals surface area contributed by atoms with Gasteiger partial charge in [-0.2, -0.15) is 5.10 Å². The number of ether oxygens (including phenoxy) is 2. The lowest BCUT2D eigenvalue weighted by atomic mass is 10.2. The lowest BCUT2D eigenvalue weighted by Crippen LogP contribution is -2.22. The lowest BCUT2D eigenvalue weighted by Gasteiger charge is -2.05. The predicted molar refractivity (Wildman–Crippen MR) is 62.0 cm³/mol. The summed E-state index contributed by atoms with van der Waals surface area (Å²) in [5.41, 5.74) is 1.08. The molecule has 98 valence electrons. The fraction of sp³-hybridized carbons (Fsp3) is 0.583. The maximum Gasteiger partial charge on any atom is 0.359 e. The van der Waals surface area contributed by atoms with Crippen molar-refractivity contribution < 1.29 is 19.1 Å². The number of cyclic esters (lactones) is 1. The summed E-state index contributed by atoms with van der Waals surface area (Å²) in [6, 6.07) is 1.65. The number of esters is 2. The molecule has 6 heteroatoms. The molecule has 1 N–H and O–H groups in total. The monoisotopic (exact) mass is 252 g/mol. The molecule has 2 atom stereocenters. The van der Waals surface area contributed by atoms with Gasteiger partial charge in [0, 0.05) is 12.1 Å². The van der Waals surface area contributed by atoms with Gasteiger partial charge in [-0.05, 0) is 19.4 Å². The van der Waals surface area contributed by atoms with E-state index in [4.69, 9.17) is 9.47 Å². The molecule has 18 heavy (non-hydrogen) atoms. The summed E-state index contributed by atoms with van der Waals surface area (Å²) in [5, 5.41) is 6.63. The van der Waals surface area contributed by atoms with E-state index in [9.17, 15) is 9.59 Å². The molecule has 0 radical (unpaired) electrons. The first-order valence-electron chi connectivity index (χ1n) is 6.06. The number of carbonyl (C=O) groups excluding carboxylic acids is 2. The summed E-state index contributed by atoms with van der Waals surface area (Å²) in [4.78, 5) is 23.1. The van der Waals surface area contributed by atoms with Crippen molar-refractivity contribution in [3.05, 3.63) is 17.5 Å². The fourth-order valence-electron chi connectivity index (χ4n) is 1.87. The van der Waals surface area contributed by atoms with Gasteiger partial charge < -0.3 is 9.47 Å². The number of nitrogens with one attached hydrogen (secondary N) is 1. The molecular formula is C12H16N2O4. The number of carbonyl (C=O) groups is 2. The Hall–Kier alpha value is -1.85. The molecule has 2 heterocycles. The van der Waals surface area contributed by atoms with E-state index in [1.807, 2.05) is 6.92 Å². The standard InChI is InChI=1S/C12H16N2O4/c1-3-4-8-6-9(14-13-8)11(15)18-10-5-7(2)17-12(10)16/h6-7,10H,3-5H2,1-2H3,(H,13,14). The van der Waals surface area contributed by atoms with Crippen molar-refractivity contribution in [1.82, 2.24) is 10.2 Å². The lowest BCUT2D eigenvalue weighted by molar-refractivity contribution is -0.147. The summed E-state index contributed by atoms with van der Waals surface area (Å²) in [6.07, 6.45) is 1.17. The minimum atomic E-state index is -0.807. The van der Waals surface area contributed by atoms with Crippen LogP contribution in [0.15, 0.2) is 6.07 Å². The minimum Gasteiger partial charge on any atom is -0.460 e. The SMILES string of the molecule is CCCc1cc(C(=O)OC2CC(C)OC2=O)n[nH]1. The molecule has 1 aliphatic heterocycles. The average Bonchev–Trinajstić information content (AvgIpc) is 2.87. The normalized spacial score (nSPS) is 22.9. The van der Waals surface area contributed by atoms with Gasteiger partial charge in [-0.3, -0.25) is 5.10 Å². The van der Waals surface area contributed by atoms with Crippen molar-refractivity contribution in [2.24, 2.45) is 0 Å². The molecule has 1 aromatic rings. The first kappa shape index (κ1) is 12.6. The van der Waals surface area contributed by atoms with E-state index in [0.29, 0.717) is 6.42 Å². The van der Waals surface area contributed by atoms with Crippen LogP contribution in [0.5, 0.6) is 0 Å². The van der Waals surface area contributed by atoms with E-state index < -0.39 is 18.0 Å². The van der Waals surface area contributed by atoms with Crippen LogP contribution >= 0.6 is 0 Å². The van der Waals surface area contributed by atoms with Gasteiger partial charge in [0.1, 0.15) is 6.10 Å². The highest BCUT2D eigenvalue weighted by Gasteiger charge is 2.35. The Balaban J connectivity index is 1.96. The topological polar surface area (TPSA) is 81.3 Å². The van der Waals surface area contributed by atoms with Crippen LogP contribution in [0, 0.1) is 0 Å². The zero-order valence-electron chi connectivity index (χ0n) is 10.4. The molecule has 0 spiro atoms. The van der Waals surface area contributed by atoms with Gasteiger partial charge in [-0.1, -0.05) is 13.3 Å². The molecule has 0 amide bonds. The van der Waals surface area contributed by atoms with Crippen LogP contribution in [0.25, 0.3) is 0 Å². The second kappa shape index (κ2) is 5.20. The van der Waals surface area contributed by atoms with Gasteiger partial charge in [0.25, 0.3) is 0 Å². The van der Waals surface area contributed by atoms with E-state index in [1.54, 1.807) is 13.0 Å². The second-order valence-corrected chi connectivity index (χ2v) is 4.41. The highest BCUT2D eigenvalue weighted by atomic mass is 16.6. The molecule has 0 bridgehead atoms. The predicted octanol–water partition coefficient (Wildman–Crippen LogP) is 1.22. The van der Waals surface area contributed by atoms with E-state index in [0.717, 1.165) is 18.5 Å². The van der Waals surface area contributed by atoms with Gasteiger partial charge in [0.2, 0.25) is 6.10 Å². The summed E-state index contributed by atoms with van der Waals surface area (Å²) in [6.45, 7) is 3.80. The average molecular weight is 252 g/mol. The van der Waals surface area contributed by atoms with Crippen LogP contribution in [-0.2, 0) is 20.7 Å². The van der Waals surface area contributed by atoms with E-state index in [-0.39, 0.29) is 11.8 Å². The van der Waals surface area contributed by atoms with Crippen LogP contribution in [0.3, 0.4) is 0 Å². The molecule has 1 aliphatic rings. The Morgan fingerprint density at radius 2 is 2.44 bits per heavy atom. The number of aryl methyl sites for hydroxylation is 1. The highest BCUT2D eigenvalue weighted by molar-refractivity contribution is 5.90. The van der Waals surface area contributed by atoms with E-state index in [1.165, 1.54) is 0 Å². The molecule has 0 saturated carbocycles. The Labute approximate surface area is 105 Å². The Kier molecular flexibility index (Phi) is 3.64. The Bertz CT molecular complexity index is 455. The van der Waals surface area contributed by atoms with Crippen molar-refractivity contribution in [2.45, 2.75) is 45.3 Å². The molecular weight excluding hydrogens is 236 g/mol. The molecule has 2 unspecified atom stereocenters. The molecule has 1 aromatic heterocycles. The Morgan fingerprint density at radius 3 is 3.06 bits per heavy atom. The molecule has 2 rings (SSSR count). The third-order valence-corrected chi connectivity index (χ3v) is 2.73. The molecule has 6 nitrogen and oxygen atoms in total. The highest BCUT2D eigenvalue weighted by Crippen LogP contribution is 2.18. The zero-order chi connectivity index (χ0) is 13.1. The first-order valence-corrected chi connectivity index (χ1v) is 6.06. The molecule has 0 aliphatic carbocycles. The summed E-state index contributed by atoms with van der Waals surface area (Å²) >= 11 is 0. The maximum absolute atomic E-state index is 11.8. The smallest absolute Gasteiger partial charge is 0.359 e. The van der Waals surface area contributed by atoms with Gasteiger partial charge >= 0.3 is 11.9 Å². The maximum atomic E-state index is 11.8. The van der Waals surface area contributed by atoms with Gasteiger partial charge in [0.05, 0.1) is 0 Å². The van der Waals surface area contributed by atoms with E-state index >= 15 is 0 Å². The first-order chi connectivity index (χ1) is 8.60. The Morgan fingerprint density at radius 1 is 1.67 bits per heavy atom. The number of rotatable bonds is 4. The van der Waals surface area contributed by atoms with E-state index in [2.05, 4.69) is 10.2 Å². The van der Waals surface area contributed by atoms with Crippen molar-refractivity contribution in [2.75, 3.05) is 0 Å². The number of aromatic amines is 1. The van der Waals surface area contributed by atoms with Gasteiger partial charge in [-0.15, -0.1) is 0 Å². The van der Waals surface area contributed by atoms with Crippen LogP contribution in [0.2, 0.25) is 0 Å². The van der Waals surface area contributed by atoms with Crippen molar-refractivity contribution >= 4 is 11.9 Å². The quantitative estimate of drug-likeness (QED) is 0.815. The molecule has 0 aromatic carbocycles. The summed E-state index contributed by atoms with van der Waals surface area (Å²) < 4.78 is 9.99. The van der Waals surface area contributed by atoms with Crippen LogP contribution < -0.4 is 0 Å². The number of aromatic nitrogens is 2. The molecule has 1 fully saturated rings. The molecule has 1 saturated heterocycles. The fourth-order valence-corrected chi connectivity index (χ4v) is 1.87. The van der Waals surface area contributed by atoms with Gasteiger partial charge in [-0.25, -0.2) is 9.59 Å². The van der Waals surface area contributed by atoms with Gasteiger partial charge in [0.15, 0.2) is 5.69 Å². The van der Waals surface area contributed by atoms with Crippen molar-refractivity contribution in [1.29, 1.82) is 0 Å². The third-order valence-electron chi connectivity index (χ3n) is 2.73. The summed E-state index contributed by atoms with van der Waals surface area (Å²) in [5.74, 6) is -1.08. The number of H-pyrrole nitrogens is 1. The van der Waals surface area contributed by atoms with Crippen molar-refractivity contribution in [3.8, 4) is 0 Å². The van der Waals surface area contributed by atoms with Crippen LogP contribution in [0.4, 0.5) is 0 Å². The zero-order valence-corrected chi connectivity index (χ0v) is 10.4. The van der Waals surface area contributed by atoms with Crippen LogP contribution in [-0.4, -0.2) is 34.3 Å². The van der Waals surface area contributed by atoms with Crippen molar-refractivity contribution in [3.63, 3.8) is 0 Å². The number of hydrogen-bond donors (Lipinski definition) is 1. The second-order valence-electron chi connectivity index (χ2n) is 4.41. The number of hydrogen-bond acceptors (Lipinski definition) is 5. The largest absolute Gasteiger partial charge is 0.460 e. The third kappa shape index (κ3) is 2.69. The minimum absolute atomic E-state index is 0.200. The summed E-state index contributed by atoms with van der Waals surface area (Å²) in [7, 11) is 0.